The van der Waals surface area contributed by atoms with Crippen LogP contribution in [-0.4, -0.2) is 51.9 Å². The molecule has 6 nitrogen and oxygen atoms in total. The third kappa shape index (κ3) is 2.65. The van der Waals surface area contributed by atoms with E-state index in [0.717, 1.165) is 5.56 Å². The standard InChI is InChI=1S/C29H33FO6/c1-25-12-11-19(32)13-18(25)9-10-20-21-14-24-29(23(34)16-31,26(21,2)15-22(33)28(20,25)30)36-27(3,35-24)17-7-5-4-6-8-17/h4-8,11-13,20-22,24,31,33H,9-10,14-16H2,1-3H3/t20-,21-,22-,24-,25-,26-,27-,28-,29-/m0/s1. The Balaban J connectivity index is 1.46. The van der Waals surface area contributed by atoms with Crippen LogP contribution in [0.5, 0.6) is 0 Å². The van der Waals surface area contributed by atoms with Crippen molar-refractivity contribution >= 4 is 11.6 Å². The summed E-state index contributed by atoms with van der Waals surface area (Å²) in [6.07, 6.45) is 3.77. The van der Waals surface area contributed by atoms with Crippen LogP contribution in [0.4, 0.5) is 4.39 Å². The second-order valence-electron chi connectivity index (χ2n) is 11.8. The molecule has 9 atom stereocenters. The number of halogens is 1. The molecule has 6 rings (SSSR count). The number of alkyl halides is 1. The van der Waals surface area contributed by atoms with Crippen LogP contribution in [0.25, 0.3) is 0 Å². The number of Topliss-reactive ketones (excluding diaryl/α,β-unsaturated/α-hetero) is 1. The lowest BCUT2D eigenvalue weighted by Crippen LogP contribution is -2.70. The fourth-order valence-electron chi connectivity index (χ4n) is 8.64. The second-order valence-corrected chi connectivity index (χ2v) is 11.8. The van der Waals surface area contributed by atoms with E-state index in [1.54, 1.807) is 19.9 Å². The van der Waals surface area contributed by atoms with Crippen molar-refractivity contribution in [2.75, 3.05) is 6.61 Å². The first-order valence-corrected chi connectivity index (χ1v) is 12.9. The van der Waals surface area contributed by atoms with Crippen LogP contribution in [0.1, 0.15) is 52.0 Å². The number of ether oxygens (including phenoxy) is 2. The molecule has 4 fully saturated rings. The molecule has 0 bridgehead atoms. The van der Waals surface area contributed by atoms with E-state index in [0.29, 0.717) is 24.8 Å². The molecule has 7 heteroatoms. The maximum absolute atomic E-state index is 17.4. The third-order valence-corrected chi connectivity index (χ3v) is 10.4. The lowest BCUT2D eigenvalue weighted by atomic mass is 9.44. The molecule has 0 amide bonds. The fourth-order valence-corrected chi connectivity index (χ4v) is 8.64. The van der Waals surface area contributed by atoms with Gasteiger partial charge in [0.15, 0.2) is 28.6 Å². The molecule has 36 heavy (non-hydrogen) atoms. The minimum atomic E-state index is -2.01. The molecule has 1 aromatic carbocycles. The quantitative estimate of drug-likeness (QED) is 0.665. The minimum absolute atomic E-state index is 0.0220. The van der Waals surface area contributed by atoms with E-state index in [1.165, 1.54) is 12.2 Å². The normalized spacial score (nSPS) is 49.1. The van der Waals surface area contributed by atoms with Gasteiger partial charge in [-0.05, 0) is 57.6 Å². The Bertz CT molecular complexity index is 1200. The van der Waals surface area contributed by atoms with E-state index in [4.69, 9.17) is 9.47 Å². The Morgan fingerprint density at radius 3 is 2.58 bits per heavy atom. The van der Waals surface area contributed by atoms with Gasteiger partial charge in [-0.25, -0.2) is 4.39 Å². The zero-order valence-corrected chi connectivity index (χ0v) is 20.9. The molecule has 4 aliphatic carbocycles. The Morgan fingerprint density at radius 2 is 1.89 bits per heavy atom. The van der Waals surface area contributed by atoms with Gasteiger partial charge in [-0.2, -0.15) is 0 Å². The van der Waals surface area contributed by atoms with Gasteiger partial charge in [-0.3, -0.25) is 9.59 Å². The van der Waals surface area contributed by atoms with E-state index < -0.39 is 58.4 Å². The smallest absolute Gasteiger partial charge is 0.193 e. The number of aliphatic hydroxyl groups excluding tert-OH is 2. The lowest BCUT2D eigenvalue weighted by molar-refractivity contribution is -0.254. The highest BCUT2D eigenvalue weighted by atomic mass is 19.1. The number of allylic oxidation sites excluding steroid dienone is 4. The highest BCUT2D eigenvalue weighted by Crippen LogP contribution is 2.72. The summed E-state index contributed by atoms with van der Waals surface area (Å²) in [5.74, 6) is -2.78. The molecule has 0 unspecified atom stereocenters. The number of aliphatic hydroxyl groups is 2. The zero-order valence-electron chi connectivity index (χ0n) is 20.9. The van der Waals surface area contributed by atoms with Crippen LogP contribution in [0, 0.1) is 22.7 Å². The van der Waals surface area contributed by atoms with Gasteiger partial charge >= 0.3 is 0 Å². The van der Waals surface area contributed by atoms with Gasteiger partial charge in [-0.1, -0.05) is 48.9 Å². The van der Waals surface area contributed by atoms with Gasteiger partial charge in [0.2, 0.25) is 0 Å². The number of carbonyl (C=O) groups excluding carboxylic acids is 2. The molecular formula is C29H33FO6. The van der Waals surface area contributed by atoms with Crippen molar-refractivity contribution < 1.29 is 33.7 Å². The van der Waals surface area contributed by atoms with Gasteiger partial charge in [0.25, 0.3) is 0 Å². The molecule has 192 valence electrons. The summed E-state index contributed by atoms with van der Waals surface area (Å²) >= 11 is 0. The average Bonchev–Trinajstić information content (AvgIpc) is 3.29. The Kier molecular flexibility index (Phi) is 4.99. The van der Waals surface area contributed by atoms with Crippen molar-refractivity contribution in [2.24, 2.45) is 22.7 Å². The molecule has 0 spiro atoms. The number of carbonyl (C=O) groups is 2. The number of hydrogen-bond donors (Lipinski definition) is 2. The summed E-state index contributed by atoms with van der Waals surface area (Å²) in [5.41, 5.74) is -4.15. The van der Waals surface area contributed by atoms with Crippen LogP contribution in [0.3, 0.4) is 0 Å². The van der Waals surface area contributed by atoms with Crippen molar-refractivity contribution in [3.63, 3.8) is 0 Å². The van der Waals surface area contributed by atoms with E-state index >= 15 is 4.39 Å². The Labute approximate surface area is 210 Å². The molecule has 5 aliphatic rings. The Morgan fingerprint density at radius 1 is 1.17 bits per heavy atom. The highest BCUT2D eigenvalue weighted by Gasteiger charge is 2.80. The number of hydrogen-bond acceptors (Lipinski definition) is 6. The second kappa shape index (κ2) is 7.44. The van der Waals surface area contributed by atoms with Crippen molar-refractivity contribution in [3.05, 3.63) is 59.7 Å². The first-order chi connectivity index (χ1) is 17.0. The summed E-state index contributed by atoms with van der Waals surface area (Å²) in [5, 5.41) is 21.7. The summed E-state index contributed by atoms with van der Waals surface area (Å²) in [6.45, 7) is 4.70. The van der Waals surface area contributed by atoms with Gasteiger partial charge in [0.1, 0.15) is 6.61 Å². The molecule has 0 radical (unpaired) electrons. The maximum Gasteiger partial charge on any atom is 0.193 e. The summed E-state index contributed by atoms with van der Waals surface area (Å²) < 4.78 is 30.5. The number of rotatable bonds is 3. The van der Waals surface area contributed by atoms with Crippen LogP contribution in [0.15, 0.2) is 54.1 Å². The van der Waals surface area contributed by atoms with Crippen molar-refractivity contribution in [1.29, 1.82) is 0 Å². The van der Waals surface area contributed by atoms with E-state index in [9.17, 15) is 19.8 Å². The molecule has 1 saturated heterocycles. The Hall–Kier alpha value is -2.19. The fraction of sp³-hybridized carbons (Fsp3) is 0.586. The average molecular weight is 497 g/mol. The largest absolute Gasteiger partial charge is 0.390 e. The molecule has 1 aromatic rings. The van der Waals surface area contributed by atoms with Crippen molar-refractivity contribution in [1.82, 2.24) is 0 Å². The number of benzene rings is 1. The van der Waals surface area contributed by atoms with E-state index in [-0.39, 0.29) is 18.1 Å². The SMILES string of the molecule is C[C@]1(c2ccccc2)O[C@H]2C[C@H]3[C@@H]4CCC5=CC(=O)C=C[C@]5(C)[C@@]4(F)[C@@H](O)C[C@]3(C)[C@@]2(C(=O)CO)O1. The maximum atomic E-state index is 17.4. The molecule has 1 aliphatic heterocycles. The summed E-state index contributed by atoms with van der Waals surface area (Å²) in [6, 6.07) is 9.35. The molecule has 3 saturated carbocycles. The first kappa shape index (κ1) is 24.2. The van der Waals surface area contributed by atoms with Gasteiger partial charge in [0, 0.05) is 22.3 Å². The van der Waals surface area contributed by atoms with E-state index in [2.05, 4.69) is 0 Å². The predicted octanol–water partition coefficient (Wildman–Crippen LogP) is 3.56. The monoisotopic (exact) mass is 496 g/mol. The zero-order chi connectivity index (χ0) is 25.7. The predicted molar refractivity (Wildman–Crippen MR) is 128 cm³/mol. The molecule has 0 aromatic heterocycles. The van der Waals surface area contributed by atoms with Crippen molar-refractivity contribution in [2.45, 2.75) is 75.7 Å². The molecule has 1 heterocycles. The molecule has 2 N–H and O–H groups in total. The lowest BCUT2D eigenvalue weighted by Gasteiger charge is -2.62. The number of ketones is 2. The van der Waals surface area contributed by atoms with Crippen molar-refractivity contribution in [3.8, 4) is 0 Å². The van der Waals surface area contributed by atoms with Gasteiger partial charge < -0.3 is 19.7 Å². The van der Waals surface area contributed by atoms with Crippen LogP contribution in [-0.2, 0) is 24.8 Å². The van der Waals surface area contributed by atoms with Crippen LogP contribution in [0.2, 0.25) is 0 Å². The highest BCUT2D eigenvalue weighted by molar-refractivity contribution is 6.01. The topological polar surface area (TPSA) is 93.1 Å². The van der Waals surface area contributed by atoms with Crippen LogP contribution < -0.4 is 0 Å². The first-order valence-electron chi connectivity index (χ1n) is 12.9. The molecular weight excluding hydrogens is 463 g/mol. The summed E-state index contributed by atoms with van der Waals surface area (Å²) in [4.78, 5) is 25.6. The van der Waals surface area contributed by atoms with E-state index in [1.807, 2.05) is 37.3 Å². The third-order valence-electron chi connectivity index (χ3n) is 10.4. The van der Waals surface area contributed by atoms with Gasteiger partial charge in [0.05, 0.1) is 12.2 Å². The number of fused-ring (bicyclic) bond motifs is 7. The summed E-state index contributed by atoms with van der Waals surface area (Å²) in [7, 11) is 0. The van der Waals surface area contributed by atoms with Gasteiger partial charge in [-0.15, -0.1) is 0 Å². The van der Waals surface area contributed by atoms with Crippen LogP contribution >= 0.6 is 0 Å². The minimum Gasteiger partial charge on any atom is -0.390 e.